The number of isocyanates is 1. The maximum atomic E-state index is 10.7. The Kier molecular flexibility index (Phi) is 3.98. The SMILES string of the molecule is COc1cc(C2(N=C=O)CCC2)ccc1OC1CCCC1. The Labute approximate surface area is 125 Å². The number of methoxy groups -OCH3 is 1. The molecule has 0 aliphatic heterocycles. The number of rotatable bonds is 5. The molecule has 1 aromatic rings. The molecular weight excluding hydrogens is 266 g/mol. The third kappa shape index (κ3) is 2.68. The summed E-state index contributed by atoms with van der Waals surface area (Å²) in [7, 11) is 1.65. The van der Waals surface area contributed by atoms with Gasteiger partial charge in [-0.25, -0.2) is 4.79 Å². The number of aliphatic imine (C=N–C) groups is 1. The summed E-state index contributed by atoms with van der Waals surface area (Å²) in [6.07, 6.45) is 9.62. The quantitative estimate of drug-likeness (QED) is 0.612. The van der Waals surface area contributed by atoms with Crippen LogP contribution < -0.4 is 9.47 Å². The maximum Gasteiger partial charge on any atom is 0.235 e. The predicted molar refractivity (Wildman–Crippen MR) is 79.5 cm³/mol. The molecule has 0 saturated heterocycles. The van der Waals surface area contributed by atoms with Gasteiger partial charge in [0, 0.05) is 0 Å². The van der Waals surface area contributed by atoms with Gasteiger partial charge in [-0.3, -0.25) is 0 Å². The van der Waals surface area contributed by atoms with Gasteiger partial charge in [-0.2, -0.15) is 4.99 Å². The van der Waals surface area contributed by atoms with Crippen LogP contribution in [0.5, 0.6) is 11.5 Å². The standard InChI is InChI=1S/C17H21NO3/c1-20-16-11-13(17(18-12-19)9-4-10-17)7-8-15(16)21-14-5-2-3-6-14/h7-8,11,14H,2-6,9-10H2,1H3. The molecule has 112 valence electrons. The van der Waals surface area contributed by atoms with Crippen molar-refractivity contribution in [3.8, 4) is 11.5 Å². The van der Waals surface area contributed by atoms with Gasteiger partial charge in [0.05, 0.1) is 18.8 Å². The molecule has 0 spiro atoms. The molecule has 0 N–H and O–H groups in total. The highest BCUT2D eigenvalue weighted by Gasteiger charge is 2.39. The van der Waals surface area contributed by atoms with Gasteiger partial charge in [-0.05, 0) is 62.6 Å². The average Bonchev–Trinajstić information content (AvgIpc) is 2.96. The third-order valence-corrected chi connectivity index (χ3v) is 4.74. The summed E-state index contributed by atoms with van der Waals surface area (Å²) in [5.74, 6) is 1.52. The molecule has 0 atom stereocenters. The zero-order valence-corrected chi connectivity index (χ0v) is 12.4. The van der Waals surface area contributed by atoms with Crippen molar-refractivity contribution < 1.29 is 14.3 Å². The van der Waals surface area contributed by atoms with Crippen molar-refractivity contribution in [1.29, 1.82) is 0 Å². The molecule has 4 nitrogen and oxygen atoms in total. The van der Waals surface area contributed by atoms with E-state index in [2.05, 4.69) is 4.99 Å². The van der Waals surface area contributed by atoms with Crippen molar-refractivity contribution in [1.82, 2.24) is 0 Å². The Morgan fingerprint density at radius 2 is 1.95 bits per heavy atom. The molecule has 2 aliphatic rings. The van der Waals surface area contributed by atoms with E-state index in [0.717, 1.165) is 49.2 Å². The Hall–Kier alpha value is -1.80. The Morgan fingerprint density at radius 1 is 1.19 bits per heavy atom. The first-order valence-electron chi connectivity index (χ1n) is 7.72. The lowest BCUT2D eigenvalue weighted by Crippen LogP contribution is -2.31. The zero-order chi connectivity index (χ0) is 14.7. The van der Waals surface area contributed by atoms with E-state index in [0.29, 0.717) is 6.10 Å². The van der Waals surface area contributed by atoms with Crippen LogP contribution in [0.3, 0.4) is 0 Å². The minimum atomic E-state index is -0.388. The lowest BCUT2D eigenvalue weighted by Gasteiger charge is -2.37. The van der Waals surface area contributed by atoms with Crippen LogP contribution in [0.1, 0.15) is 50.5 Å². The first-order valence-corrected chi connectivity index (χ1v) is 7.72. The molecule has 1 aromatic carbocycles. The molecule has 0 aromatic heterocycles. The predicted octanol–water partition coefficient (Wildman–Crippen LogP) is 3.73. The topological polar surface area (TPSA) is 47.9 Å². The maximum absolute atomic E-state index is 10.7. The van der Waals surface area contributed by atoms with Crippen LogP contribution in [-0.2, 0) is 10.3 Å². The fourth-order valence-electron chi connectivity index (χ4n) is 3.30. The Bertz CT molecular complexity index is 553. The van der Waals surface area contributed by atoms with Crippen LogP contribution in [0.4, 0.5) is 0 Å². The van der Waals surface area contributed by atoms with Crippen molar-refractivity contribution in [3.05, 3.63) is 23.8 Å². The van der Waals surface area contributed by atoms with Crippen LogP contribution in [0, 0.1) is 0 Å². The van der Waals surface area contributed by atoms with E-state index >= 15 is 0 Å². The molecule has 0 unspecified atom stereocenters. The van der Waals surface area contributed by atoms with E-state index in [1.807, 2.05) is 18.2 Å². The summed E-state index contributed by atoms with van der Waals surface area (Å²) in [5, 5.41) is 0. The van der Waals surface area contributed by atoms with Crippen molar-refractivity contribution >= 4 is 6.08 Å². The molecule has 0 radical (unpaired) electrons. The fraction of sp³-hybridized carbons (Fsp3) is 0.588. The molecule has 3 rings (SSSR count). The molecule has 0 bridgehead atoms. The number of nitrogens with zero attached hydrogens (tertiary/aromatic N) is 1. The van der Waals surface area contributed by atoms with Crippen molar-refractivity contribution in [2.24, 2.45) is 4.99 Å². The van der Waals surface area contributed by atoms with E-state index in [1.165, 1.54) is 12.8 Å². The minimum Gasteiger partial charge on any atom is -0.493 e. The largest absolute Gasteiger partial charge is 0.493 e. The summed E-state index contributed by atoms with van der Waals surface area (Å²) in [6.45, 7) is 0. The van der Waals surface area contributed by atoms with E-state index < -0.39 is 0 Å². The highest BCUT2D eigenvalue weighted by molar-refractivity contribution is 5.47. The Balaban J connectivity index is 1.86. The molecule has 0 heterocycles. The van der Waals surface area contributed by atoms with Crippen molar-refractivity contribution in [2.75, 3.05) is 7.11 Å². The zero-order valence-electron chi connectivity index (χ0n) is 12.4. The smallest absolute Gasteiger partial charge is 0.235 e. The van der Waals surface area contributed by atoms with E-state index in [-0.39, 0.29) is 5.54 Å². The third-order valence-electron chi connectivity index (χ3n) is 4.74. The second-order valence-electron chi connectivity index (χ2n) is 5.98. The van der Waals surface area contributed by atoms with Crippen LogP contribution in [0.15, 0.2) is 23.2 Å². The van der Waals surface area contributed by atoms with E-state index in [9.17, 15) is 4.79 Å². The van der Waals surface area contributed by atoms with Crippen LogP contribution in [0.2, 0.25) is 0 Å². The lowest BCUT2D eigenvalue weighted by atomic mass is 9.72. The van der Waals surface area contributed by atoms with Gasteiger partial charge in [-0.15, -0.1) is 0 Å². The Morgan fingerprint density at radius 3 is 2.52 bits per heavy atom. The van der Waals surface area contributed by atoms with Gasteiger partial charge in [-0.1, -0.05) is 6.07 Å². The normalized spacial score (nSPS) is 20.4. The molecule has 0 amide bonds. The van der Waals surface area contributed by atoms with Gasteiger partial charge in [0.2, 0.25) is 6.08 Å². The van der Waals surface area contributed by atoms with Crippen LogP contribution >= 0.6 is 0 Å². The summed E-state index contributed by atoms with van der Waals surface area (Å²) in [4.78, 5) is 14.7. The molecule has 21 heavy (non-hydrogen) atoms. The second kappa shape index (κ2) is 5.90. The van der Waals surface area contributed by atoms with Gasteiger partial charge in [0.25, 0.3) is 0 Å². The molecule has 2 fully saturated rings. The van der Waals surface area contributed by atoms with Crippen molar-refractivity contribution in [2.45, 2.75) is 56.6 Å². The minimum absolute atomic E-state index is 0.301. The molecule has 2 saturated carbocycles. The number of hydrogen-bond acceptors (Lipinski definition) is 4. The van der Waals surface area contributed by atoms with Crippen LogP contribution in [-0.4, -0.2) is 19.3 Å². The summed E-state index contributed by atoms with van der Waals surface area (Å²) in [6, 6.07) is 5.92. The van der Waals surface area contributed by atoms with Gasteiger partial charge in [0.15, 0.2) is 11.5 Å². The monoisotopic (exact) mass is 287 g/mol. The molecule has 4 heteroatoms. The lowest BCUT2D eigenvalue weighted by molar-refractivity contribution is 0.200. The van der Waals surface area contributed by atoms with Crippen LogP contribution in [0.25, 0.3) is 0 Å². The number of hydrogen-bond donors (Lipinski definition) is 0. The van der Waals surface area contributed by atoms with Gasteiger partial charge in [0.1, 0.15) is 0 Å². The summed E-state index contributed by atoms with van der Waals surface area (Å²) >= 11 is 0. The van der Waals surface area contributed by atoms with Gasteiger partial charge < -0.3 is 9.47 Å². The van der Waals surface area contributed by atoms with Crippen molar-refractivity contribution in [3.63, 3.8) is 0 Å². The number of carbonyl (C=O) groups excluding carboxylic acids is 1. The summed E-state index contributed by atoms with van der Waals surface area (Å²) < 4.78 is 11.5. The van der Waals surface area contributed by atoms with Gasteiger partial charge >= 0.3 is 0 Å². The number of benzene rings is 1. The summed E-state index contributed by atoms with van der Waals surface area (Å²) in [5.41, 5.74) is 0.633. The number of ether oxygens (including phenoxy) is 2. The highest BCUT2D eigenvalue weighted by Crippen LogP contribution is 2.46. The first-order chi connectivity index (χ1) is 10.3. The fourth-order valence-corrected chi connectivity index (χ4v) is 3.30. The van der Waals surface area contributed by atoms with E-state index in [1.54, 1.807) is 13.2 Å². The first kappa shape index (κ1) is 14.2. The average molecular weight is 287 g/mol. The highest BCUT2D eigenvalue weighted by atomic mass is 16.5. The molecule has 2 aliphatic carbocycles. The molecular formula is C17H21NO3. The second-order valence-corrected chi connectivity index (χ2v) is 5.98. The van der Waals surface area contributed by atoms with E-state index in [4.69, 9.17) is 9.47 Å².